The summed E-state index contributed by atoms with van der Waals surface area (Å²) in [5.41, 5.74) is 3.80. The predicted octanol–water partition coefficient (Wildman–Crippen LogP) is 4.45. The van der Waals surface area contributed by atoms with Crippen LogP contribution < -0.4 is 14.4 Å². The van der Waals surface area contributed by atoms with Crippen LogP contribution in [-0.4, -0.2) is 62.2 Å². The first-order chi connectivity index (χ1) is 14.5. The summed E-state index contributed by atoms with van der Waals surface area (Å²) in [6.07, 6.45) is 6.53. The quantitative estimate of drug-likeness (QED) is 0.580. The van der Waals surface area contributed by atoms with Gasteiger partial charge in [0, 0.05) is 55.4 Å². The standard InChI is InChI=1S/C23H29ClN4O2/c1-26(2)14-16-5-8-27(9-6-16)17-7-10-28-15-20(25-23(28)11-17)18-12-19(24)22(30-4)13-21(18)29-3/h7,10-13,15-16H,5-6,8-9,14H2,1-4H3. The molecule has 0 N–H and O–H groups in total. The van der Waals surface area contributed by atoms with Crippen LogP contribution in [0.5, 0.6) is 11.5 Å². The van der Waals surface area contributed by atoms with E-state index in [1.165, 1.54) is 25.1 Å². The summed E-state index contributed by atoms with van der Waals surface area (Å²) >= 11 is 6.35. The van der Waals surface area contributed by atoms with Crippen LogP contribution in [0.3, 0.4) is 0 Å². The molecule has 0 unspecified atom stereocenters. The number of aromatic nitrogens is 2. The van der Waals surface area contributed by atoms with Crippen molar-refractivity contribution < 1.29 is 9.47 Å². The molecule has 0 amide bonds. The largest absolute Gasteiger partial charge is 0.496 e. The van der Waals surface area contributed by atoms with E-state index >= 15 is 0 Å². The van der Waals surface area contributed by atoms with E-state index in [1.807, 2.05) is 16.7 Å². The smallest absolute Gasteiger partial charge is 0.141 e. The van der Waals surface area contributed by atoms with Crippen LogP contribution in [0.4, 0.5) is 5.69 Å². The molecule has 1 saturated heterocycles. The number of nitrogens with zero attached hydrogens (tertiary/aromatic N) is 4. The monoisotopic (exact) mass is 428 g/mol. The van der Waals surface area contributed by atoms with Gasteiger partial charge in [0.05, 0.1) is 24.9 Å². The Balaban J connectivity index is 1.59. The lowest BCUT2D eigenvalue weighted by Gasteiger charge is -2.34. The summed E-state index contributed by atoms with van der Waals surface area (Å²) in [6, 6.07) is 7.97. The van der Waals surface area contributed by atoms with Crippen LogP contribution >= 0.6 is 11.6 Å². The van der Waals surface area contributed by atoms with Gasteiger partial charge in [-0.1, -0.05) is 11.6 Å². The van der Waals surface area contributed by atoms with E-state index in [1.54, 1.807) is 20.3 Å². The van der Waals surface area contributed by atoms with E-state index in [0.717, 1.165) is 35.9 Å². The zero-order chi connectivity index (χ0) is 21.3. The van der Waals surface area contributed by atoms with Gasteiger partial charge < -0.3 is 23.7 Å². The van der Waals surface area contributed by atoms with Crippen molar-refractivity contribution in [2.24, 2.45) is 5.92 Å². The summed E-state index contributed by atoms with van der Waals surface area (Å²) in [6.45, 7) is 3.34. The molecule has 160 valence electrons. The van der Waals surface area contributed by atoms with Crippen molar-refractivity contribution in [3.8, 4) is 22.8 Å². The SMILES string of the molecule is COc1cc(OC)c(-c2cn3ccc(N4CCC(CN(C)C)CC4)cc3n2)cc1Cl. The lowest BCUT2D eigenvalue weighted by molar-refractivity contribution is 0.285. The van der Waals surface area contributed by atoms with Crippen LogP contribution in [0.1, 0.15) is 12.8 Å². The van der Waals surface area contributed by atoms with Gasteiger partial charge in [0.15, 0.2) is 0 Å². The number of hydrogen-bond acceptors (Lipinski definition) is 5. The van der Waals surface area contributed by atoms with Gasteiger partial charge in [-0.2, -0.15) is 0 Å². The third kappa shape index (κ3) is 4.20. The van der Waals surface area contributed by atoms with Crippen LogP contribution in [-0.2, 0) is 0 Å². The number of piperidine rings is 1. The molecule has 0 bridgehead atoms. The third-order valence-corrected chi connectivity index (χ3v) is 6.09. The minimum Gasteiger partial charge on any atom is -0.496 e. The van der Waals surface area contributed by atoms with Gasteiger partial charge in [0.1, 0.15) is 17.1 Å². The Morgan fingerprint density at radius 1 is 1.10 bits per heavy atom. The Bertz CT molecular complexity index is 1030. The van der Waals surface area contributed by atoms with Crippen molar-refractivity contribution in [3.05, 3.63) is 41.7 Å². The maximum atomic E-state index is 6.35. The lowest BCUT2D eigenvalue weighted by Crippen LogP contribution is -2.37. The van der Waals surface area contributed by atoms with Gasteiger partial charge >= 0.3 is 0 Å². The van der Waals surface area contributed by atoms with Crippen molar-refractivity contribution in [3.63, 3.8) is 0 Å². The minimum atomic E-state index is 0.534. The number of imidazole rings is 1. The van der Waals surface area contributed by atoms with Gasteiger partial charge in [-0.05, 0) is 45.0 Å². The van der Waals surface area contributed by atoms with Crippen LogP contribution in [0, 0.1) is 5.92 Å². The molecule has 3 heterocycles. The molecular formula is C23H29ClN4O2. The Hall–Kier alpha value is -2.44. The minimum absolute atomic E-state index is 0.534. The third-order valence-electron chi connectivity index (χ3n) is 5.80. The van der Waals surface area contributed by atoms with Crippen molar-refractivity contribution in [2.45, 2.75) is 12.8 Å². The fraction of sp³-hybridized carbons (Fsp3) is 0.435. The second-order valence-corrected chi connectivity index (χ2v) is 8.56. The number of rotatable bonds is 6. The molecule has 1 aliphatic rings. The molecule has 0 saturated carbocycles. The first-order valence-electron chi connectivity index (χ1n) is 10.3. The molecule has 0 aliphatic carbocycles. The highest BCUT2D eigenvalue weighted by Gasteiger charge is 2.21. The maximum absolute atomic E-state index is 6.35. The predicted molar refractivity (Wildman–Crippen MR) is 122 cm³/mol. The number of anilines is 1. The first kappa shape index (κ1) is 20.8. The molecule has 1 aliphatic heterocycles. The number of benzene rings is 1. The molecule has 1 fully saturated rings. The van der Waals surface area contributed by atoms with Gasteiger partial charge in [-0.25, -0.2) is 4.98 Å². The molecule has 0 spiro atoms. The van der Waals surface area contributed by atoms with Crippen molar-refractivity contribution >= 4 is 22.9 Å². The molecule has 1 aromatic carbocycles. The van der Waals surface area contributed by atoms with Crippen LogP contribution in [0.2, 0.25) is 5.02 Å². The van der Waals surface area contributed by atoms with E-state index < -0.39 is 0 Å². The summed E-state index contributed by atoms with van der Waals surface area (Å²) in [5.74, 6) is 2.05. The topological polar surface area (TPSA) is 42.2 Å². The van der Waals surface area contributed by atoms with E-state index in [4.69, 9.17) is 26.1 Å². The summed E-state index contributed by atoms with van der Waals surface area (Å²) in [5, 5.41) is 0.534. The Kier molecular flexibility index (Phi) is 6.06. The number of fused-ring (bicyclic) bond motifs is 1. The summed E-state index contributed by atoms with van der Waals surface area (Å²) in [7, 11) is 7.54. The van der Waals surface area contributed by atoms with Gasteiger partial charge in [0.25, 0.3) is 0 Å². The Morgan fingerprint density at radius 2 is 1.83 bits per heavy atom. The Labute approximate surface area is 183 Å². The van der Waals surface area contributed by atoms with E-state index in [0.29, 0.717) is 16.5 Å². The normalized spacial score (nSPS) is 15.2. The molecular weight excluding hydrogens is 400 g/mol. The highest BCUT2D eigenvalue weighted by molar-refractivity contribution is 6.32. The zero-order valence-electron chi connectivity index (χ0n) is 18.1. The molecule has 7 heteroatoms. The fourth-order valence-electron chi connectivity index (χ4n) is 4.25. The molecule has 0 radical (unpaired) electrons. The molecule has 6 nitrogen and oxygen atoms in total. The second kappa shape index (κ2) is 8.74. The maximum Gasteiger partial charge on any atom is 0.141 e. The average Bonchev–Trinajstić information content (AvgIpc) is 3.17. The van der Waals surface area contributed by atoms with E-state index in [9.17, 15) is 0 Å². The molecule has 2 aromatic heterocycles. The van der Waals surface area contributed by atoms with E-state index in [2.05, 4.69) is 42.2 Å². The van der Waals surface area contributed by atoms with E-state index in [-0.39, 0.29) is 0 Å². The van der Waals surface area contributed by atoms with Crippen molar-refractivity contribution in [1.82, 2.24) is 14.3 Å². The molecule has 4 rings (SSSR count). The Morgan fingerprint density at radius 3 is 2.50 bits per heavy atom. The number of halogens is 1. The highest BCUT2D eigenvalue weighted by Crippen LogP contribution is 2.38. The highest BCUT2D eigenvalue weighted by atomic mass is 35.5. The van der Waals surface area contributed by atoms with Crippen molar-refractivity contribution in [1.29, 1.82) is 0 Å². The number of pyridine rings is 1. The van der Waals surface area contributed by atoms with Crippen molar-refractivity contribution in [2.75, 3.05) is 52.8 Å². The molecule has 30 heavy (non-hydrogen) atoms. The van der Waals surface area contributed by atoms with Crippen LogP contribution in [0.15, 0.2) is 36.7 Å². The number of hydrogen-bond donors (Lipinski definition) is 0. The number of methoxy groups -OCH3 is 2. The average molecular weight is 429 g/mol. The molecule has 0 atom stereocenters. The molecule has 3 aromatic rings. The van der Waals surface area contributed by atoms with Crippen LogP contribution in [0.25, 0.3) is 16.9 Å². The number of ether oxygens (including phenoxy) is 2. The summed E-state index contributed by atoms with van der Waals surface area (Å²) in [4.78, 5) is 9.60. The second-order valence-electron chi connectivity index (χ2n) is 8.16. The fourth-order valence-corrected chi connectivity index (χ4v) is 4.49. The van der Waals surface area contributed by atoms with Gasteiger partial charge in [-0.3, -0.25) is 0 Å². The van der Waals surface area contributed by atoms with Gasteiger partial charge in [0.2, 0.25) is 0 Å². The zero-order valence-corrected chi connectivity index (χ0v) is 18.8. The van der Waals surface area contributed by atoms with Gasteiger partial charge in [-0.15, -0.1) is 0 Å². The first-order valence-corrected chi connectivity index (χ1v) is 10.7. The summed E-state index contributed by atoms with van der Waals surface area (Å²) < 4.78 is 12.9. The lowest BCUT2D eigenvalue weighted by atomic mass is 9.96.